The number of hydrogen-bond acceptors (Lipinski definition) is 5. The van der Waals surface area contributed by atoms with Gasteiger partial charge >= 0.3 is 17.4 Å². The molecular formula is C10H26O5Si2. The van der Waals surface area contributed by atoms with Crippen molar-refractivity contribution in [3.05, 3.63) is 0 Å². The van der Waals surface area contributed by atoms with E-state index in [2.05, 4.69) is 6.92 Å². The van der Waals surface area contributed by atoms with Crippen LogP contribution in [0.2, 0.25) is 11.7 Å². The van der Waals surface area contributed by atoms with E-state index in [-0.39, 0.29) is 0 Å². The molecule has 5 nitrogen and oxygen atoms in total. The fourth-order valence-electron chi connectivity index (χ4n) is 1.76. The van der Waals surface area contributed by atoms with E-state index in [4.69, 9.17) is 22.1 Å². The van der Waals surface area contributed by atoms with Crippen LogP contribution in [0.1, 0.15) is 19.8 Å². The van der Waals surface area contributed by atoms with E-state index in [1.165, 1.54) is 0 Å². The van der Waals surface area contributed by atoms with Crippen LogP contribution >= 0.6 is 0 Å². The second kappa shape index (κ2) is 8.36. The van der Waals surface area contributed by atoms with Crippen molar-refractivity contribution in [2.24, 2.45) is 0 Å². The van der Waals surface area contributed by atoms with Gasteiger partial charge in [-0.2, -0.15) is 0 Å². The summed E-state index contributed by atoms with van der Waals surface area (Å²) in [6.45, 7) is 2.15. The van der Waals surface area contributed by atoms with Gasteiger partial charge in [-0.05, 0) is 6.04 Å². The molecule has 0 aromatic rings. The Morgan fingerprint density at radius 1 is 0.765 bits per heavy atom. The minimum absolute atomic E-state index is 0.622. The van der Waals surface area contributed by atoms with Crippen LogP contribution in [-0.2, 0) is 22.1 Å². The molecule has 0 fully saturated rings. The highest BCUT2D eigenvalue weighted by molar-refractivity contribution is 6.83. The molecule has 0 aromatic heterocycles. The quantitative estimate of drug-likeness (QED) is 0.573. The predicted octanol–water partition coefficient (Wildman–Crippen LogP) is 1.94. The standard InChI is InChI=1S/C10H26O5Si2/c1-7-8-9-16(11-2,12-3)10-17(13-4,14-5)15-6/h7-10H2,1-6H3. The van der Waals surface area contributed by atoms with Crippen LogP contribution in [0.15, 0.2) is 0 Å². The van der Waals surface area contributed by atoms with Crippen LogP contribution in [-0.4, -0.2) is 52.9 Å². The smallest absolute Gasteiger partial charge is 0.398 e. The van der Waals surface area contributed by atoms with Gasteiger partial charge < -0.3 is 22.1 Å². The lowest BCUT2D eigenvalue weighted by atomic mass is 10.4. The molecule has 0 saturated carbocycles. The van der Waals surface area contributed by atoms with Gasteiger partial charge in [-0.15, -0.1) is 0 Å². The molecule has 0 bridgehead atoms. The highest BCUT2D eigenvalue weighted by Gasteiger charge is 2.51. The topological polar surface area (TPSA) is 46.2 Å². The lowest BCUT2D eigenvalue weighted by Gasteiger charge is -2.33. The molecule has 0 amide bonds. The Bertz CT molecular complexity index is 187. The van der Waals surface area contributed by atoms with E-state index in [9.17, 15) is 0 Å². The Labute approximate surface area is 107 Å². The van der Waals surface area contributed by atoms with Crippen molar-refractivity contribution in [2.75, 3.05) is 35.5 Å². The summed E-state index contributed by atoms with van der Waals surface area (Å²) < 4.78 is 27.7. The molecule has 0 unspecified atom stereocenters. The average molecular weight is 282 g/mol. The molecule has 0 saturated heterocycles. The third-order valence-corrected chi connectivity index (χ3v) is 11.4. The second-order valence-corrected chi connectivity index (χ2v) is 11.0. The Morgan fingerprint density at radius 2 is 1.24 bits per heavy atom. The van der Waals surface area contributed by atoms with Crippen molar-refractivity contribution in [3.63, 3.8) is 0 Å². The Hall–Kier alpha value is 0.234. The molecule has 0 spiro atoms. The van der Waals surface area contributed by atoms with Crippen LogP contribution in [0.5, 0.6) is 0 Å². The van der Waals surface area contributed by atoms with E-state index in [0.29, 0.717) is 5.67 Å². The maximum absolute atomic E-state index is 5.66. The molecule has 0 heterocycles. The van der Waals surface area contributed by atoms with Crippen molar-refractivity contribution in [3.8, 4) is 0 Å². The summed E-state index contributed by atoms with van der Waals surface area (Å²) in [7, 11) is 3.33. The zero-order valence-electron chi connectivity index (χ0n) is 11.9. The van der Waals surface area contributed by atoms with Gasteiger partial charge in [-0.3, -0.25) is 0 Å². The lowest BCUT2D eigenvalue weighted by molar-refractivity contribution is 0.122. The molecule has 0 aliphatic carbocycles. The maximum Gasteiger partial charge on any atom is 0.502 e. The van der Waals surface area contributed by atoms with Crippen LogP contribution in [0, 0.1) is 0 Å². The highest BCUT2D eigenvalue weighted by Crippen LogP contribution is 2.27. The second-order valence-electron chi connectivity index (χ2n) is 3.89. The zero-order valence-corrected chi connectivity index (χ0v) is 13.9. The monoisotopic (exact) mass is 282 g/mol. The van der Waals surface area contributed by atoms with Crippen LogP contribution < -0.4 is 0 Å². The number of unbranched alkanes of at least 4 members (excludes halogenated alkanes) is 1. The van der Waals surface area contributed by atoms with E-state index in [0.717, 1.165) is 18.9 Å². The van der Waals surface area contributed by atoms with Crippen LogP contribution in [0.4, 0.5) is 0 Å². The summed E-state index contributed by atoms with van der Waals surface area (Å²) in [5.41, 5.74) is 0.622. The van der Waals surface area contributed by atoms with Gasteiger partial charge in [0.2, 0.25) is 0 Å². The van der Waals surface area contributed by atoms with Crippen LogP contribution in [0.3, 0.4) is 0 Å². The van der Waals surface area contributed by atoms with E-state index >= 15 is 0 Å². The predicted molar refractivity (Wildman–Crippen MR) is 71.1 cm³/mol. The molecular weight excluding hydrogens is 256 g/mol. The summed E-state index contributed by atoms with van der Waals surface area (Å²) in [4.78, 5) is 0. The van der Waals surface area contributed by atoms with Crippen molar-refractivity contribution in [2.45, 2.75) is 31.5 Å². The molecule has 0 atom stereocenters. The minimum atomic E-state index is -2.63. The van der Waals surface area contributed by atoms with Crippen LogP contribution in [0.25, 0.3) is 0 Å². The first-order chi connectivity index (χ1) is 8.07. The Kier molecular flexibility index (Phi) is 8.47. The molecule has 0 N–H and O–H groups in total. The number of hydrogen-bond donors (Lipinski definition) is 0. The highest BCUT2D eigenvalue weighted by atomic mass is 28.4. The Morgan fingerprint density at radius 3 is 1.53 bits per heavy atom. The lowest BCUT2D eigenvalue weighted by Crippen LogP contribution is -2.54. The molecule has 0 aliphatic heterocycles. The maximum atomic E-state index is 5.66. The van der Waals surface area contributed by atoms with Gasteiger partial charge in [-0.25, -0.2) is 0 Å². The molecule has 104 valence electrons. The summed E-state index contributed by atoms with van der Waals surface area (Å²) in [5.74, 6) is 0. The third kappa shape index (κ3) is 4.78. The molecule has 0 radical (unpaired) electrons. The number of rotatable bonds is 10. The molecule has 7 heteroatoms. The largest absolute Gasteiger partial charge is 0.502 e. The Balaban J connectivity index is 4.81. The first-order valence-corrected chi connectivity index (χ1v) is 9.99. The van der Waals surface area contributed by atoms with Crippen molar-refractivity contribution < 1.29 is 22.1 Å². The van der Waals surface area contributed by atoms with E-state index < -0.39 is 17.4 Å². The average Bonchev–Trinajstić information content (AvgIpc) is 2.41. The first kappa shape index (κ1) is 17.2. The fourth-order valence-corrected chi connectivity index (χ4v) is 9.96. The van der Waals surface area contributed by atoms with E-state index in [1.54, 1.807) is 35.5 Å². The summed E-state index contributed by atoms with van der Waals surface area (Å²) in [5, 5.41) is 0. The molecule has 0 aliphatic rings. The van der Waals surface area contributed by atoms with Gasteiger partial charge in [0.1, 0.15) is 0 Å². The third-order valence-electron chi connectivity index (χ3n) is 3.07. The zero-order chi connectivity index (χ0) is 13.4. The van der Waals surface area contributed by atoms with Crippen molar-refractivity contribution in [1.82, 2.24) is 0 Å². The molecule has 0 rings (SSSR count). The van der Waals surface area contributed by atoms with Crippen molar-refractivity contribution in [1.29, 1.82) is 0 Å². The van der Waals surface area contributed by atoms with Gasteiger partial charge in [0.25, 0.3) is 0 Å². The van der Waals surface area contributed by atoms with Gasteiger partial charge in [0.15, 0.2) is 0 Å². The van der Waals surface area contributed by atoms with Gasteiger partial charge in [0.05, 0.1) is 5.67 Å². The summed E-state index contributed by atoms with van der Waals surface area (Å²) >= 11 is 0. The molecule has 17 heavy (non-hydrogen) atoms. The van der Waals surface area contributed by atoms with Gasteiger partial charge in [0, 0.05) is 35.5 Å². The van der Waals surface area contributed by atoms with Gasteiger partial charge in [-0.1, -0.05) is 19.8 Å². The fraction of sp³-hybridized carbons (Fsp3) is 1.00. The van der Waals surface area contributed by atoms with E-state index in [1.807, 2.05) is 0 Å². The minimum Gasteiger partial charge on any atom is -0.398 e. The normalized spacial score (nSPS) is 13.1. The SMILES string of the molecule is CCCC[Si](C[Si](OC)(OC)OC)(OC)OC. The first-order valence-electron chi connectivity index (χ1n) is 5.83. The summed E-state index contributed by atoms with van der Waals surface area (Å²) in [6, 6.07) is 0.932. The molecule has 0 aromatic carbocycles. The summed E-state index contributed by atoms with van der Waals surface area (Å²) in [6.07, 6.45) is 2.19. The van der Waals surface area contributed by atoms with Crippen molar-refractivity contribution >= 4 is 17.4 Å².